The van der Waals surface area contributed by atoms with E-state index < -0.39 is 0 Å². The highest BCUT2D eigenvalue weighted by atomic mass is 35.5. The normalized spacial score (nSPS) is 10.6. The van der Waals surface area contributed by atoms with Crippen LogP contribution in [0.5, 0.6) is 0 Å². The minimum absolute atomic E-state index is 0.444. The van der Waals surface area contributed by atoms with Crippen LogP contribution in [0, 0.1) is 0 Å². The third-order valence-electron chi connectivity index (χ3n) is 1.30. The number of aromatic nitrogens is 3. The van der Waals surface area contributed by atoms with Crippen LogP contribution in [0.25, 0.3) is 5.78 Å². The number of nitrogens with zero attached hydrogens (tertiary/aromatic N) is 3. The molecule has 0 fully saturated rings. The molecule has 0 aromatic carbocycles. The Bertz CT molecular complexity index is 394. The number of rotatable bonds is 0. The van der Waals surface area contributed by atoms with Crippen molar-refractivity contribution in [3.05, 3.63) is 23.6 Å². The first-order valence-corrected chi connectivity index (χ1v) is 3.39. The highest BCUT2D eigenvalue weighted by molar-refractivity contribution is 6.30. The zero-order chi connectivity index (χ0) is 7.84. The van der Waals surface area contributed by atoms with E-state index in [0.717, 1.165) is 0 Å². The summed E-state index contributed by atoms with van der Waals surface area (Å²) in [4.78, 5) is 7.87. The summed E-state index contributed by atoms with van der Waals surface area (Å²) in [6.45, 7) is 0. The summed E-state index contributed by atoms with van der Waals surface area (Å²) < 4.78 is 1.68. The summed E-state index contributed by atoms with van der Waals surface area (Å²) in [6.07, 6.45) is 4.89. The molecule has 0 aliphatic carbocycles. The Kier molecular flexibility index (Phi) is 1.22. The van der Waals surface area contributed by atoms with E-state index in [-0.39, 0.29) is 0 Å². The van der Waals surface area contributed by atoms with Gasteiger partial charge < -0.3 is 5.73 Å². The third kappa shape index (κ3) is 1.01. The van der Waals surface area contributed by atoms with Crippen molar-refractivity contribution < 1.29 is 0 Å². The van der Waals surface area contributed by atoms with E-state index in [1.54, 1.807) is 16.8 Å². The van der Waals surface area contributed by atoms with Crippen LogP contribution in [0.4, 0.5) is 5.82 Å². The van der Waals surface area contributed by atoms with Crippen LogP contribution in [0.2, 0.25) is 5.02 Å². The van der Waals surface area contributed by atoms with Gasteiger partial charge in [-0.25, -0.2) is 4.98 Å². The van der Waals surface area contributed by atoms with Crippen molar-refractivity contribution >= 4 is 23.2 Å². The zero-order valence-electron chi connectivity index (χ0n) is 5.53. The van der Waals surface area contributed by atoms with E-state index in [1.165, 1.54) is 6.20 Å². The minimum Gasteiger partial charge on any atom is -0.382 e. The summed E-state index contributed by atoms with van der Waals surface area (Å²) in [6, 6.07) is 0. The molecule has 2 heterocycles. The molecule has 0 saturated heterocycles. The molecule has 2 aromatic heterocycles. The number of imidazole rings is 1. The summed E-state index contributed by atoms with van der Waals surface area (Å²) in [5.41, 5.74) is 5.43. The first-order valence-electron chi connectivity index (χ1n) is 3.01. The third-order valence-corrected chi connectivity index (χ3v) is 1.49. The second-order valence-electron chi connectivity index (χ2n) is 2.15. The summed E-state index contributed by atoms with van der Waals surface area (Å²) in [5, 5.41) is 0.565. The Morgan fingerprint density at radius 1 is 1.45 bits per heavy atom. The molecule has 11 heavy (non-hydrogen) atoms. The van der Waals surface area contributed by atoms with E-state index in [2.05, 4.69) is 9.97 Å². The van der Waals surface area contributed by atoms with Gasteiger partial charge in [0.15, 0.2) is 0 Å². The van der Waals surface area contributed by atoms with Crippen molar-refractivity contribution in [2.75, 3.05) is 5.73 Å². The van der Waals surface area contributed by atoms with Crippen molar-refractivity contribution in [3.8, 4) is 0 Å². The molecule has 2 aromatic rings. The number of halogens is 1. The molecule has 2 N–H and O–H groups in total. The van der Waals surface area contributed by atoms with Crippen LogP contribution >= 0.6 is 11.6 Å². The molecule has 0 saturated carbocycles. The molecular weight excluding hydrogens is 164 g/mol. The van der Waals surface area contributed by atoms with Crippen LogP contribution in [0.15, 0.2) is 18.6 Å². The minimum atomic E-state index is 0.444. The number of anilines is 1. The molecule has 0 atom stereocenters. The van der Waals surface area contributed by atoms with E-state index >= 15 is 0 Å². The Balaban J connectivity index is 2.82. The Labute approximate surface area is 67.6 Å². The highest BCUT2D eigenvalue weighted by Crippen LogP contribution is 2.08. The monoisotopic (exact) mass is 168 g/mol. The molecule has 0 aliphatic heterocycles. The van der Waals surface area contributed by atoms with Crippen LogP contribution in [-0.4, -0.2) is 14.4 Å². The zero-order valence-corrected chi connectivity index (χ0v) is 6.28. The topological polar surface area (TPSA) is 56.2 Å². The van der Waals surface area contributed by atoms with Gasteiger partial charge in [-0.1, -0.05) is 11.6 Å². The Morgan fingerprint density at radius 2 is 2.27 bits per heavy atom. The van der Waals surface area contributed by atoms with E-state index in [9.17, 15) is 0 Å². The number of nitrogen functional groups attached to an aromatic ring is 1. The molecule has 0 radical (unpaired) electrons. The number of hydrogen-bond acceptors (Lipinski definition) is 3. The van der Waals surface area contributed by atoms with Crippen LogP contribution in [0.1, 0.15) is 0 Å². The average Bonchev–Trinajstić information content (AvgIpc) is 2.27. The van der Waals surface area contributed by atoms with E-state index in [4.69, 9.17) is 17.3 Å². The van der Waals surface area contributed by atoms with Gasteiger partial charge in [0, 0.05) is 6.20 Å². The summed E-state index contributed by atoms with van der Waals surface area (Å²) in [7, 11) is 0. The molecule has 0 unspecified atom stereocenters. The van der Waals surface area contributed by atoms with E-state index in [1.807, 2.05) is 0 Å². The molecule has 5 heteroatoms. The molecule has 0 aliphatic rings. The SMILES string of the molecule is Nc1cn2cc(Cl)cnc2n1. The summed E-state index contributed by atoms with van der Waals surface area (Å²) in [5.74, 6) is 1.01. The summed E-state index contributed by atoms with van der Waals surface area (Å²) >= 11 is 5.68. The van der Waals surface area contributed by atoms with Crippen molar-refractivity contribution in [2.24, 2.45) is 0 Å². The average molecular weight is 169 g/mol. The predicted molar refractivity (Wildman–Crippen MR) is 42.4 cm³/mol. The van der Waals surface area contributed by atoms with Gasteiger partial charge in [0.2, 0.25) is 5.78 Å². The largest absolute Gasteiger partial charge is 0.382 e. The first kappa shape index (κ1) is 6.42. The number of hydrogen-bond donors (Lipinski definition) is 1. The van der Waals surface area contributed by atoms with Gasteiger partial charge >= 0.3 is 0 Å². The lowest BCUT2D eigenvalue weighted by Crippen LogP contribution is -1.85. The van der Waals surface area contributed by atoms with Gasteiger partial charge in [-0.05, 0) is 0 Å². The highest BCUT2D eigenvalue weighted by Gasteiger charge is 1.97. The fourth-order valence-electron chi connectivity index (χ4n) is 0.878. The van der Waals surface area contributed by atoms with Gasteiger partial charge in [-0.2, -0.15) is 4.98 Å². The second kappa shape index (κ2) is 2.10. The Hall–Kier alpha value is -1.29. The molecular formula is C6H5ClN4. The molecule has 56 valence electrons. The standard InChI is InChI=1S/C6H5ClN4/c7-4-1-9-6-10-5(8)3-11(6)2-4/h1-3H,8H2. The molecule has 0 bridgehead atoms. The fourth-order valence-corrected chi connectivity index (χ4v) is 1.03. The molecule has 4 nitrogen and oxygen atoms in total. The lowest BCUT2D eigenvalue weighted by molar-refractivity contribution is 1.11. The van der Waals surface area contributed by atoms with Crippen molar-refractivity contribution in [2.45, 2.75) is 0 Å². The lowest BCUT2D eigenvalue weighted by atomic mass is 10.6. The maximum Gasteiger partial charge on any atom is 0.235 e. The quantitative estimate of drug-likeness (QED) is 0.638. The molecule has 0 amide bonds. The predicted octanol–water partition coefficient (Wildman–Crippen LogP) is 0.965. The van der Waals surface area contributed by atoms with Crippen LogP contribution in [-0.2, 0) is 0 Å². The number of nitrogens with two attached hydrogens (primary N) is 1. The fraction of sp³-hybridized carbons (Fsp3) is 0. The van der Waals surface area contributed by atoms with Gasteiger partial charge in [-0.15, -0.1) is 0 Å². The van der Waals surface area contributed by atoms with Gasteiger partial charge in [0.25, 0.3) is 0 Å². The number of fused-ring (bicyclic) bond motifs is 1. The van der Waals surface area contributed by atoms with Crippen molar-refractivity contribution in [1.82, 2.24) is 14.4 Å². The van der Waals surface area contributed by atoms with Gasteiger partial charge in [0.05, 0.1) is 17.4 Å². The van der Waals surface area contributed by atoms with Crippen molar-refractivity contribution in [3.63, 3.8) is 0 Å². The maximum atomic E-state index is 5.68. The van der Waals surface area contributed by atoms with E-state index in [0.29, 0.717) is 16.6 Å². The van der Waals surface area contributed by atoms with Crippen molar-refractivity contribution in [1.29, 1.82) is 0 Å². The molecule has 2 rings (SSSR count). The van der Waals surface area contributed by atoms with Gasteiger partial charge in [-0.3, -0.25) is 4.40 Å². The smallest absolute Gasteiger partial charge is 0.235 e. The lowest BCUT2D eigenvalue weighted by Gasteiger charge is -1.90. The second-order valence-corrected chi connectivity index (χ2v) is 2.58. The van der Waals surface area contributed by atoms with Gasteiger partial charge in [0.1, 0.15) is 5.82 Å². The van der Waals surface area contributed by atoms with Crippen LogP contribution < -0.4 is 5.73 Å². The Morgan fingerprint density at radius 3 is 3.09 bits per heavy atom. The first-order chi connectivity index (χ1) is 5.25. The van der Waals surface area contributed by atoms with Crippen LogP contribution in [0.3, 0.4) is 0 Å². The maximum absolute atomic E-state index is 5.68. The molecule has 0 spiro atoms.